The molecular formula is C7H14ClNO3S. The Balaban J connectivity index is 3.53. The molecule has 6 heteroatoms. The molecule has 0 heterocycles. The summed E-state index contributed by atoms with van der Waals surface area (Å²) >= 11 is 5.47. The highest BCUT2D eigenvalue weighted by molar-refractivity contribution is 7.90. The summed E-state index contributed by atoms with van der Waals surface area (Å²) in [7, 11) is -2.93. The van der Waals surface area contributed by atoms with E-state index in [9.17, 15) is 13.2 Å². The van der Waals surface area contributed by atoms with Crippen molar-refractivity contribution in [2.45, 2.75) is 18.7 Å². The molecule has 0 fully saturated rings. The molecule has 0 aliphatic carbocycles. The molecule has 0 radical (unpaired) electrons. The van der Waals surface area contributed by atoms with Gasteiger partial charge < -0.3 is 5.32 Å². The fourth-order valence-electron chi connectivity index (χ4n) is 0.687. The molecule has 1 N–H and O–H groups in total. The molecule has 1 unspecified atom stereocenters. The van der Waals surface area contributed by atoms with Crippen LogP contribution < -0.4 is 5.32 Å². The minimum atomic E-state index is -2.93. The Labute approximate surface area is 83.6 Å². The monoisotopic (exact) mass is 227 g/mol. The molecule has 78 valence electrons. The van der Waals surface area contributed by atoms with Crippen molar-refractivity contribution >= 4 is 27.3 Å². The molecule has 0 aromatic carbocycles. The highest BCUT2D eigenvalue weighted by atomic mass is 35.5. The number of halogens is 1. The SMILES string of the molecule is CC(Cl)C(=O)NCCCS(C)(=O)=O. The molecule has 0 rings (SSSR count). The second-order valence-corrected chi connectivity index (χ2v) is 5.80. The molecule has 0 spiro atoms. The summed E-state index contributed by atoms with van der Waals surface area (Å²) in [6.45, 7) is 1.91. The van der Waals surface area contributed by atoms with Gasteiger partial charge in [-0.05, 0) is 13.3 Å². The molecule has 0 aromatic rings. The number of hydrogen-bond donors (Lipinski definition) is 1. The van der Waals surface area contributed by atoms with Crippen molar-refractivity contribution in [1.29, 1.82) is 0 Å². The van der Waals surface area contributed by atoms with E-state index >= 15 is 0 Å². The summed E-state index contributed by atoms with van der Waals surface area (Å²) < 4.78 is 21.3. The average Bonchev–Trinajstić information content (AvgIpc) is 1.95. The Morgan fingerprint density at radius 1 is 1.54 bits per heavy atom. The highest BCUT2D eigenvalue weighted by Crippen LogP contribution is 1.93. The van der Waals surface area contributed by atoms with Crippen LogP contribution >= 0.6 is 11.6 Å². The lowest BCUT2D eigenvalue weighted by Gasteiger charge is -2.05. The number of sulfone groups is 1. The highest BCUT2D eigenvalue weighted by Gasteiger charge is 2.08. The van der Waals surface area contributed by atoms with Crippen LogP contribution in [0.1, 0.15) is 13.3 Å². The topological polar surface area (TPSA) is 63.2 Å². The lowest BCUT2D eigenvalue weighted by molar-refractivity contribution is -0.120. The first kappa shape index (κ1) is 12.7. The predicted molar refractivity (Wildman–Crippen MR) is 52.7 cm³/mol. The van der Waals surface area contributed by atoms with Crippen LogP contribution in [0.5, 0.6) is 0 Å². The standard InChI is InChI=1S/C7H14ClNO3S/c1-6(8)7(10)9-4-3-5-13(2,11)12/h6H,3-5H2,1-2H3,(H,9,10). The first-order chi connectivity index (χ1) is 5.83. The Kier molecular flexibility index (Phi) is 5.32. The molecular weight excluding hydrogens is 214 g/mol. The maximum absolute atomic E-state index is 10.9. The summed E-state index contributed by atoms with van der Waals surface area (Å²) in [6, 6.07) is 0. The molecule has 0 bridgehead atoms. The van der Waals surface area contributed by atoms with Crippen molar-refractivity contribution in [1.82, 2.24) is 5.32 Å². The van der Waals surface area contributed by atoms with E-state index in [1.165, 1.54) is 6.26 Å². The largest absolute Gasteiger partial charge is 0.355 e. The van der Waals surface area contributed by atoms with Crippen LogP contribution in [0.3, 0.4) is 0 Å². The molecule has 0 saturated carbocycles. The van der Waals surface area contributed by atoms with Crippen molar-refractivity contribution in [3.05, 3.63) is 0 Å². The van der Waals surface area contributed by atoms with E-state index in [4.69, 9.17) is 11.6 Å². The van der Waals surface area contributed by atoms with E-state index in [1.807, 2.05) is 0 Å². The Morgan fingerprint density at radius 2 is 2.08 bits per heavy atom. The van der Waals surface area contributed by atoms with E-state index in [2.05, 4.69) is 5.32 Å². The van der Waals surface area contributed by atoms with Gasteiger partial charge in [-0.1, -0.05) is 0 Å². The van der Waals surface area contributed by atoms with E-state index in [-0.39, 0.29) is 11.7 Å². The van der Waals surface area contributed by atoms with Gasteiger partial charge >= 0.3 is 0 Å². The van der Waals surface area contributed by atoms with Crippen molar-refractivity contribution < 1.29 is 13.2 Å². The van der Waals surface area contributed by atoms with Crippen molar-refractivity contribution in [2.24, 2.45) is 0 Å². The molecule has 0 saturated heterocycles. The normalized spacial score (nSPS) is 13.8. The van der Waals surface area contributed by atoms with Gasteiger partial charge in [-0.3, -0.25) is 4.79 Å². The minimum absolute atomic E-state index is 0.0872. The maximum atomic E-state index is 10.9. The van der Waals surface area contributed by atoms with Crippen LogP contribution in [0, 0.1) is 0 Å². The van der Waals surface area contributed by atoms with Gasteiger partial charge in [0, 0.05) is 12.8 Å². The van der Waals surface area contributed by atoms with E-state index in [0.717, 1.165) is 0 Å². The maximum Gasteiger partial charge on any atom is 0.237 e. The van der Waals surface area contributed by atoms with Crippen LogP contribution in [0.15, 0.2) is 0 Å². The van der Waals surface area contributed by atoms with Crippen LogP contribution in [-0.4, -0.2) is 38.3 Å². The van der Waals surface area contributed by atoms with Gasteiger partial charge in [0.1, 0.15) is 15.2 Å². The summed E-state index contributed by atoms with van der Waals surface area (Å²) in [6.07, 6.45) is 1.59. The third-order valence-corrected chi connectivity index (χ3v) is 2.58. The Bertz CT molecular complexity index is 261. The number of alkyl halides is 1. The minimum Gasteiger partial charge on any atom is -0.355 e. The van der Waals surface area contributed by atoms with Crippen LogP contribution in [-0.2, 0) is 14.6 Å². The average molecular weight is 228 g/mol. The van der Waals surface area contributed by atoms with Crippen LogP contribution in [0.2, 0.25) is 0 Å². The lowest BCUT2D eigenvalue weighted by atomic mass is 10.4. The van der Waals surface area contributed by atoms with Gasteiger partial charge in [0.2, 0.25) is 5.91 Å². The van der Waals surface area contributed by atoms with E-state index in [1.54, 1.807) is 6.92 Å². The molecule has 0 aromatic heterocycles. The molecule has 13 heavy (non-hydrogen) atoms. The van der Waals surface area contributed by atoms with Gasteiger partial charge in [0.15, 0.2) is 0 Å². The molecule has 4 nitrogen and oxygen atoms in total. The molecule has 0 aliphatic heterocycles. The van der Waals surface area contributed by atoms with Crippen LogP contribution in [0.4, 0.5) is 0 Å². The van der Waals surface area contributed by atoms with Crippen LogP contribution in [0.25, 0.3) is 0 Å². The Morgan fingerprint density at radius 3 is 2.46 bits per heavy atom. The van der Waals surface area contributed by atoms with Gasteiger partial charge in [0.05, 0.1) is 5.75 Å². The predicted octanol–water partition coefficient (Wildman–Crippen LogP) is 0.165. The first-order valence-corrected chi connectivity index (χ1v) is 6.42. The second-order valence-electron chi connectivity index (χ2n) is 2.89. The number of nitrogens with one attached hydrogen (secondary N) is 1. The number of carbonyl (C=O) groups excluding carboxylic acids is 1. The summed E-state index contributed by atoms with van der Waals surface area (Å²) in [5.41, 5.74) is 0. The van der Waals surface area contributed by atoms with Gasteiger partial charge in [-0.2, -0.15) is 0 Å². The zero-order valence-electron chi connectivity index (χ0n) is 7.71. The first-order valence-electron chi connectivity index (χ1n) is 3.92. The Hall–Kier alpha value is -0.290. The van der Waals surface area contributed by atoms with Crippen molar-refractivity contribution in [3.8, 4) is 0 Å². The summed E-state index contributed by atoms with van der Waals surface area (Å²) in [4.78, 5) is 10.9. The second kappa shape index (κ2) is 5.44. The fraction of sp³-hybridized carbons (Fsp3) is 0.857. The summed E-state index contributed by atoms with van der Waals surface area (Å²) in [5, 5.41) is 1.95. The zero-order chi connectivity index (χ0) is 10.5. The van der Waals surface area contributed by atoms with Gasteiger partial charge in [-0.15, -0.1) is 11.6 Å². The number of hydrogen-bond acceptors (Lipinski definition) is 3. The number of amides is 1. The summed E-state index contributed by atoms with van der Waals surface area (Å²) in [5.74, 6) is -0.181. The molecule has 1 amide bonds. The smallest absolute Gasteiger partial charge is 0.237 e. The quantitative estimate of drug-likeness (QED) is 0.538. The number of rotatable bonds is 5. The molecule has 1 atom stereocenters. The fourth-order valence-corrected chi connectivity index (χ4v) is 1.43. The van der Waals surface area contributed by atoms with E-state index < -0.39 is 15.2 Å². The van der Waals surface area contributed by atoms with Crippen molar-refractivity contribution in [2.75, 3.05) is 18.6 Å². The van der Waals surface area contributed by atoms with E-state index in [0.29, 0.717) is 13.0 Å². The van der Waals surface area contributed by atoms with Gasteiger partial charge in [0.25, 0.3) is 0 Å². The third-order valence-electron chi connectivity index (χ3n) is 1.35. The third kappa shape index (κ3) is 8.05. The van der Waals surface area contributed by atoms with Gasteiger partial charge in [-0.25, -0.2) is 8.42 Å². The number of carbonyl (C=O) groups is 1. The lowest BCUT2D eigenvalue weighted by Crippen LogP contribution is -2.31. The molecule has 0 aliphatic rings. The van der Waals surface area contributed by atoms with Crippen molar-refractivity contribution in [3.63, 3.8) is 0 Å². The zero-order valence-corrected chi connectivity index (χ0v) is 9.28.